The highest BCUT2D eigenvalue weighted by Crippen LogP contribution is 2.34. The molecule has 2 rings (SSSR count). The Morgan fingerprint density at radius 3 is 2.23 bits per heavy atom. The van der Waals surface area contributed by atoms with Crippen molar-refractivity contribution in [2.24, 2.45) is 0 Å². The lowest BCUT2D eigenvalue weighted by Crippen LogP contribution is -2.16. The molecule has 10 heteroatoms. The number of carbonyl (C=O) groups is 1. The largest absolute Gasteiger partial charge is 0.478 e. The van der Waals surface area contributed by atoms with Gasteiger partial charge in [-0.1, -0.05) is 37.6 Å². The third kappa shape index (κ3) is 3.88. The number of hydrogen-bond donors (Lipinski definition) is 1. The monoisotopic (exact) mass is 402 g/mol. The van der Waals surface area contributed by atoms with E-state index in [0.717, 1.165) is 13.2 Å². The van der Waals surface area contributed by atoms with Crippen molar-refractivity contribution < 1.29 is 35.1 Å². The van der Waals surface area contributed by atoms with E-state index < -0.39 is 36.0 Å². The van der Waals surface area contributed by atoms with Crippen LogP contribution in [0.15, 0.2) is 40.1 Å². The van der Waals surface area contributed by atoms with Crippen molar-refractivity contribution in [3.05, 3.63) is 35.9 Å². The quantitative estimate of drug-likeness (QED) is 0.527. The van der Waals surface area contributed by atoms with E-state index in [1.165, 1.54) is 24.3 Å². The molecule has 0 aromatic heterocycles. The molecule has 0 amide bonds. The summed E-state index contributed by atoms with van der Waals surface area (Å²) in [6.07, 6.45) is 1.10. The lowest BCUT2D eigenvalue weighted by molar-refractivity contribution is 0.0698. The normalized spacial score (nSPS) is 12.4. The molecule has 0 atom stereocenters. The zero-order valence-corrected chi connectivity index (χ0v) is 15.8. The van der Waals surface area contributed by atoms with E-state index in [-0.39, 0.29) is 22.9 Å². The van der Waals surface area contributed by atoms with Crippen molar-refractivity contribution in [1.29, 1.82) is 0 Å². The topological polar surface area (TPSA) is 124 Å². The molecule has 0 fully saturated rings. The van der Waals surface area contributed by atoms with Gasteiger partial charge in [0.05, 0.1) is 19.3 Å². The average molecular weight is 402 g/mol. The molecule has 2 aromatic rings. The summed E-state index contributed by atoms with van der Waals surface area (Å²) in [5, 5.41) is 9.42. The van der Waals surface area contributed by atoms with E-state index in [4.69, 9.17) is 4.18 Å². The van der Waals surface area contributed by atoms with Gasteiger partial charge in [-0.15, -0.1) is 0 Å². The first-order valence-corrected chi connectivity index (χ1v) is 10.5. The van der Waals surface area contributed by atoms with Crippen LogP contribution in [0.4, 0.5) is 0 Å². The molecule has 26 heavy (non-hydrogen) atoms. The molecule has 0 aliphatic carbocycles. The van der Waals surface area contributed by atoms with Gasteiger partial charge in [-0.2, -0.15) is 16.8 Å². The molecule has 0 unspecified atom stereocenters. The second kappa shape index (κ2) is 7.70. The van der Waals surface area contributed by atoms with Gasteiger partial charge in [0.25, 0.3) is 20.2 Å². The van der Waals surface area contributed by atoms with Gasteiger partial charge in [0.1, 0.15) is 9.79 Å². The van der Waals surface area contributed by atoms with Gasteiger partial charge in [-0.25, -0.2) is 4.79 Å². The van der Waals surface area contributed by atoms with Crippen LogP contribution in [0, 0.1) is 0 Å². The lowest BCUT2D eigenvalue weighted by atomic mass is 10.0. The number of carboxylic acid groups (broad SMARTS) is 1. The number of carboxylic acids is 1. The highest BCUT2D eigenvalue weighted by Gasteiger charge is 2.32. The van der Waals surface area contributed by atoms with Crippen LogP contribution < -0.4 is 0 Å². The molecule has 0 aliphatic heterocycles. The molecule has 0 heterocycles. The standard InChI is InChI=1S/C16H18O8S2/c1-3-4-9-24-25(19,20)14-10-13(16(17)18)11-7-5-6-8-12(11)15(14)26(21,22)23-2/h5-8,10H,3-4,9H2,1-2H3,(H,17,18). The van der Waals surface area contributed by atoms with Crippen molar-refractivity contribution in [1.82, 2.24) is 0 Å². The van der Waals surface area contributed by atoms with Crippen molar-refractivity contribution >= 4 is 37.0 Å². The van der Waals surface area contributed by atoms with Crippen molar-refractivity contribution in [2.45, 2.75) is 29.6 Å². The minimum absolute atomic E-state index is 0.0723. The van der Waals surface area contributed by atoms with Gasteiger partial charge in [0.2, 0.25) is 0 Å². The summed E-state index contributed by atoms with van der Waals surface area (Å²) in [4.78, 5) is 10.2. The summed E-state index contributed by atoms with van der Waals surface area (Å²) < 4.78 is 59.3. The number of unbranched alkanes of at least 4 members (excludes halogenated alkanes) is 1. The van der Waals surface area contributed by atoms with Gasteiger partial charge < -0.3 is 5.11 Å². The fraction of sp³-hybridized carbons (Fsp3) is 0.312. The SMILES string of the molecule is CCCCOS(=O)(=O)c1cc(C(=O)O)c2ccccc2c1S(=O)(=O)OC. The molecule has 8 nitrogen and oxygen atoms in total. The Bertz CT molecular complexity index is 1040. The highest BCUT2D eigenvalue weighted by molar-refractivity contribution is 7.90. The van der Waals surface area contributed by atoms with Crippen LogP contribution in [0.3, 0.4) is 0 Å². The number of hydrogen-bond acceptors (Lipinski definition) is 7. The Morgan fingerprint density at radius 2 is 1.69 bits per heavy atom. The lowest BCUT2D eigenvalue weighted by Gasteiger charge is -2.15. The predicted octanol–water partition coefficient (Wildman–Crippen LogP) is 2.38. The number of benzene rings is 2. The molecule has 0 saturated carbocycles. The first-order valence-electron chi connectivity index (χ1n) is 7.64. The predicted molar refractivity (Wildman–Crippen MR) is 93.1 cm³/mol. The Balaban J connectivity index is 2.92. The Kier molecular flexibility index (Phi) is 6.02. The maximum absolute atomic E-state index is 12.6. The highest BCUT2D eigenvalue weighted by atomic mass is 32.2. The molecule has 0 bridgehead atoms. The van der Waals surface area contributed by atoms with Crippen molar-refractivity contribution in [3.63, 3.8) is 0 Å². The third-order valence-corrected chi connectivity index (χ3v) is 6.51. The van der Waals surface area contributed by atoms with Gasteiger partial charge in [-0.05, 0) is 17.9 Å². The Hall–Kier alpha value is -2.01. The van der Waals surface area contributed by atoms with Crippen LogP contribution in [0.5, 0.6) is 0 Å². The van der Waals surface area contributed by atoms with Gasteiger partial charge >= 0.3 is 5.97 Å². The van der Waals surface area contributed by atoms with Crippen LogP contribution in [0.1, 0.15) is 30.1 Å². The van der Waals surface area contributed by atoms with Gasteiger partial charge in [-0.3, -0.25) is 8.37 Å². The zero-order chi connectivity index (χ0) is 19.5. The molecule has 1 N–H and O–H groups in total. The summed E-state index contributed by atoms with van der Waals surface area (Å²) in [7, 11) is -8.10. The Morgan fingerprint density at radius 1 is 1.08 bits per heavy atom. The first kappa shape index (κ1) is 20.3. The number of rotatable bonds is 8. The van der Waals surface area contributed by atoms with E-state index in [1.807, 2.05) is 6.92 Å². The third-order valence-electron chi connectivity index (χ3n) is 3.67. The molecule has 2 aromatic carbocycles. The van der Waals surface area contributed by atoms with Gasteiger partial charge in [0.15, 0.2) is 0 Å². The maximum atomic E-state index is 12.6. The minimum Gasteiger partial charge on any atom is -0.478 e. The van der Waals surface area contributed by atoms with Crippen LogP contribution in [-0.2, 0) is 28.6 Å². The number of fused-ring (bicyclic) bond motifs is 1. The zero-order valence-electron chi connectivity index (χ0n) is 14.1. The van der Waals surface area contributed by atoms with Crippen LogP contribution in [-0.4, -0.2) is 41.6 Å². The fourth-order valence-electron chi connectivity index (χ4n) is 2.40. The smallest absolute Gasteiger partial charge is 0.336 e. The van der Waals surface area contributed by atoms with E-state index in [0.29, 0.717) is 12.8 Å². The molecule has 0 aliphatic rings. The average Bonchev–Trinajstić information content (AvgIpc) is 2.60. The van der Waals surface area contributed by atoms with Crippen LogP contribution >= 0.6 is 0 Å². The number of aromatic carboxylic acids is 1. The summed E-state index contributed by atoms with van der Waals surface area (Å²) in [6.45, 7) is 1.68. The Labute approximate surface area is 151 Å². The van der Waals surface area contributed by atoms with E-state index in [1.54, 1.807) is 0 Å². The molecule has 0 spiro atoms. The summed E-state index contributed by atoms with van der Waals surface area (Å²) in [5.74, 6) is -1.40. The van der Waals surface area contributed by atoms with Crippen molar-refractivity contribution in [3.8, 4) is 0 Å². The molecular formula is C16H18O8S2. The molecule has 0 radical (unpaired) electrons. The van der Waals surface area contributed by atoms with Crippen LogP contribution in [0.25, 0.3) is 10.8 Å². The fourth-order valence-corrected chi connectivity index (χ4v) is 5.00. The molecule has 142 valence electrons. The minimum atomic E-state index is -4.53. The summed E-state index contributed by atoms with van der Waals surface area (Å²) in [5.41, 5.74) is -0.353. The van der Waals surface area contributed by atoms with Crippen LogP contribution in [0.2, 0.25) is 0 Å². The van der Waals surface area contributed by atoms with E-state index in [2.05, 4.69) is 4.18 Å². The maximum Gasteiger partial charge on any atom is 0.336 e. The van der Waals surface area contributed by atoms with Gasteiger partial charge in [0, 0.05) is 5.39 Å². The van der Waals surface area contributed by atoms with E-state index in [9.17, 15) is 26.7 Å². The van der Waals surface area contributed by atoms with E-state index >= 15 is 0 Å². The summed E-state index contributed by atoms with van der Waals surface area (Å²) >= 11 is 0. The summed E-state index contributed by atoms with van der Waals surface area (Å²) in [6, 6.07) is 6.49. The molecular weight excluding hydrogens is 384 g/mol. The molecule has 0 saturated heterocycles. The van der Waals surface area contributed by atoms with Crippen molar-refractivity contribution in [2.75, 3.05) is 13.7 Å². The first-order chi connectivity index (χ1) is 12.2. The second-order valence-electron chi connectivity index (χ2n) is 5.35. The second-order valence-corrected chi connectivity index (χ2v) is 8.59.